The van der Waals surface area contributed by atoms with Gasteiger partial charge >= 0.3 is 5.97 Å². The molecule has 0 aliphatic heterocycles. The topological polar surface area (TPSA) is 215 Å². The zero-order valence-corrected chi connectivity index (χ0v) is 22.5. The number of carboxylic acids is 1. The number of amides is 3. The van der Waals surface area contributed by atoms with Crippen molar-refractivity contribution < 1.29 is 24.3 Å². The average molecular weight is 556 g/mol. The minimum atomic E-state index is -1.17. The molecule has 10 N–H and O–H groups in total. The number of guanidine groups is 1. The first kappa shape index (κ1) is 32.1. The van der Waals surface area contributed by atoms with Crippen molar-refractivity contribution in [1.29, 1.82) is 0 Å². The Balaban J connectivity index is 3.10. The molecule has 37 heavy (non-hydrogen) atoms. The molecule has 0 saturated carbocycles. The van der Waals surface area contributed by atoms with Crippen molar-refractivity contribution in [3.8, 4) is 0 Å². The van der Waals surface area contributed by atoms with E-state index in [0.29, 0.717) is 12.2 Å². The Bertz CT molecular complexity index is 916. The number of aliphatic carboxylic acids is 1. The number of thioether (sulfide) groups is 1. The van der Waals surface area contributed by atoms with Crippen molar-refractivity contribution in [3.63, 3.8) is 0 Å². The van der Waals surface area contributed by atoms with E-state index in [-0.39, 0.29) is 37.5 Å². The Morgan fingerprint density at radius 1 is 0.973 bits per heavy atom. The number of benzene rings is 1. The fourth-order valence-corrected chi connectivity index (χ4v) is 3.87. The molecule has 4 unspecified atom stereocenters. The SMILES string of the molecule is CSCCC(NC(=O)C(Cc1ccccc1)NC(=O)C(CCCN=C(N)N)NC(=O)C(N)CS)C(=O)O. The Morgan fingerprint density at radius 3 is 2.14 bits per heavy atom. The van der Waals surface area contributed by atoms with Crippen LogP contribution in [0.3, 0.4) is 0 Å². The lowest BCUT2D eigenvalue weighted by molar-refractivity contribution is -0.142. The third-order valence-electron chi connectivity index (χ3n) is 5.25. The first-order valence-electron chi connectivity index (χ1n) is 11.7. The largest absolute Gasteiger partial charge is 0.480 e. The number of aliphatic imine (C=N–C) groups is 1. The Kier molecular flexibility index (Phi) is 15.1. The molecule has 0 fully saturated rings. The van der Waals surface area contributed by atoms with Crippen LogP contribution in [-0.2, 0) is 25.6 Å². The molecule has 0 saturated heterocycles. The van der Waals surface area contributed by atoms with Gasteiger partial charge in [0, 0.05) is 18.7 Å². The van der Waals surface area contributed by atoms with Gasteiger partial charge in [-0.05, 0) is 36.8 Å². The van der Waals surface area contributed by atoms with E-state index in [9.17, 15) is 24.3 Å². The highest BCUT2D eigenvalue weighted by molar-refractivity contribution is 7.98. The summed E-state index contributed by atoms with van der Waals surface area (Å²) in [5.74, 6) is -2.53. The molecule has 1 rings (SSSR count). The molecule has 0 aromatic heterocycles. The van der Waals surface area contributed by atoms with Gasteiger partial charge < -0.3 is 38.3 Å². The monoisotopic (exact) mass is 555 g/mol. The number of nitrogens with two attached hydrogens (primary N) is 3. The van der Waals surface area contributed by atoms with Crippen LogP contribution in [0.4, 0.5) is 0 Å². The predicted octanol–water partition coefficient (Wildman–Crippen LogP) is -1.17. The minimum Gasteiger partial charge on any atom is -0.480 e. The van der Waals surface area contributed by atoms with E-state index >= 15 is 0 Å². The quantitative estimate of drug-likeness (QED) is 0.0502. The molecule has 206 valence electrons. The van der Waals surface area contributed by atoms with Crippen LogP contribution in [0, 0.1) is 0 Å². The number of carbonyl (C=O) groups excluding carboxylic acids is 3. The molecule has 0 heterocycles. The Hall–Kier alpha value is -2.97. The van der Waals surface area contributed by atoms with Gasteiger partial charge in [-0.25, -0.2) is 4.79 Å². The van der Waals surface area contributed by atoms with Gasteiger partial charge in [0.2, 0.25) is 17.7 Å². The van der Waals surface area contributed by atoms with Gasteiger partial charge in [0.15, 0.2) is 5.96 Å². The summed E-state index contributed by atoms with van der Waals surface area (Å²) in [6.45, 7) is 0.226. The van der Waals surface area contributed by atoms with Gasteiger partial charge in [-0.3, -0.25) is 19.4 Å². The number of nitrogens with zero attached hydrogens (tertiary/aromatic N) is 1. The highest BCUT2D eigenvalue weighted by Gasteiger charge is 2.30. The molecule has 0 spiro atoms. The van der Waals surface area contributed by atoms with Crippen molar-refractivity contribution >= 4 is 54.0 Å². The van der Waals surface area contributed by atoms with Crippen molar-refractivity contribution in [2.24, 2.45) is 22.2 Å². The zero-order chi connectivity index (χ0) is 27.8. The number of carboxylic acid groups (broad SMARTS) is 1. The third kappa shape index (κ3) is 12.7. The normalized spacial score (nSPS) is 13.9. The van der Waals surface area contributed by atoms with Crippen LogP contribution >= 0.6 is 24.4 Å². The van der Waals surface area contributed by atoms with Crippen LogP contribution in [0.15, 0.2) is 35.3 Å². The van der Waals surface area contributed by atoms with Gasteiger partial charge in [0.25, 0.3) is 0 Å². The standard InChI is InChI=1S/C23H37N7O5S2/c1-37-11-9-17(22(34)35)29-21(33)18(12-14-6-3-2-4-7-14)30-20(32)16(8-5-10-27-23(25)26)28-19(31)15(24)13-36/h2-4,6-7,15-18,36H,5,8-13,24H2,1H3,(H,28,31)(H,29,33)(H,30,32)(H,34,35)(H4,25,26,27). The first-order valence-corrected chi connectivity index (χ1v) is 13.7. The molecule has 0 bridgehead atoms. The second-order valence-corrected chi connectivity index (χ2v) is 9.58. The summed E-state index contributed by atoms with van der Waals surface area (Å²) in [5.41, 5.74) is 17.2. The van der Waals surface area contributed by atoms with Crippen molar-refractivity contribution in [3.05, 3.63) is 35.9 Å². The summed E-state index contributed by atoms with van der Waals surface area (Å²) in [6, 6.07) is 4.78. The summed E-state index contributed by atoms with van der Waals surface area (Å²) in [6.07, 6.45) is 2.69. The van der Waals surface area contributed by atoms with Crippen LogP contribution in [0.25, 0.3) is 0 Å². The van der Waals surface area contributed by atoms with E-state index < -0.39 is 47.9 Å². The lowest BCUT2D eigenvalue weighted by Gasteiger charge is -2.25. The maximum atomic E-state index is 13.2. The molecule has 4 atom stereocenters. The van der Waals surface area contributed by atoms with E-state index in [1.165, 1.54) is 11.8 Å². The summed E-state index contributed by atoms with van der Waals surface area (Å²) >= 11 is 5.47. The van der Waals surface area contributed by atoms with Crippen LogP contribution in [0.1, 0.15) is 24.8 Å². The molecule has 12 nitrogen and oxygen atoms in total. The lowest BCUT2D eigenvalue weighted by atomic mass is 10.0. The van der Waals surface area contributed by atoms with Crippen molar-refractivity contribution in [2.45, 2.75) is 49.9 Å². The van der Waals surface area contributed by atoms with Gasteiger partial charge in [-0.2, -0.15) is 24.4 Å². The van der Waals surface area contributed by atoms with Gasteiger partial charge in [0.05, 0.1) is 6.04 Å². The van der Waals surface area contributed by atoms with E-state index in [1.807, 2.05) is 12.3 Å². The maximum absolute atomic E-state index is 13.2. The Labute approximate surface area is 226 Å². The van der Waals surface area contributed by atoms with Crippen LogP contribution < -0.4 is 33.2 Å². The number of carbonyl (C=O) groups is 4. The number of rotatable bonds is 17. The zero-order valence-electron chi connectivity index (χ0n) is 20.8. The van der Waals surface area contributed by atoms with Crippen LogP contribution in [0.2, 0.25) is 0 Å². The summed E-state index contributed by atoms with van der Waals surface area (Å²) in [7, 11) is 0. The second kappa shape index (κ2) is 17.5. The Morgan fingerprint density at radius 2 is 1.57 bits per heavy atom. The maximum Gasteiger partial charge on any atom is 0.326 e. The number of nitrogens with one attached hydrogen (secondary N) is 3. The van der Waals surface area contributed by atoms with Gasteiger partial charge in [0.1, 0.15) is 18.1 Å². The van der Waals surface area contributed by atoms with Crippen LogP contribution in [-0.4, -0.2) is 83.2 Å². The highest BCUT2D eigenvalue weighted by atomic mass is 32.2. The highest BCUT2D eigenvalue weighted by Crippen LogP contribution is 2.08. The fourth-order valence-electron chi connectivity index (χ4n) is 3.23. The van der Waals surface area contributed by atoms with Crippen LogP contribution in [0.5, 0.6) is 0 Å². The molecular weight excluding hydrogens is 518 g/mol. The number of hydrogen-bond acceptors (Lipinski definition) is 8. The molecule has 14 heteroatoms. The van der Waals surface area contributed by atoms with E-state index in [1.54, 1.807) is 24.3 Å². The van der Waals surface area contributed by atoms with Gasteiger partial charge in [-0.15, -0.1) is 0 Å². The molecule has 0 aliphatic rings. The number of hydrogen-bond donors (Lipinski definition) is 8. The fraction of sp³-hybridized carbons (Fsp3) is 0.522. The molecule has 0 radical (unpaired) electrons. The predicted molar refractivity (Wildman–Crippen MR) is 148 cm³/mol. The molecule has 3 amide bonds. The van der Waals surface area contributed by atoms with Gasteiger partial charge in [-0.1, -0.05) is 30.3 Å². The molecule has 1 aromatic carbocycles. The summed E-state index contributed by atoms with van der Waals surface area (Å²) in [5, 5.41) is 17.3. The average Bonchev–Trinajstić information content (AvgIpc) is 2.87. The third-order valence-corrected chi connectivity index (χ3v) is 6.29. The first-order chi connectivity index (χ1) is 17.6. The second-order valence-electron chi connectivity index (χ2n) is 8.23. The number of thiol groups is 1. The van der Waals surface area contributed by atoms with E-state index in [4.69, 9.17) is 17.2 Å². The van der Waals surface area contributed by atoms with Crippen molar-refractivity contribution in [2.75, 3.05) is 24.3 Å². The van der Waals surface area contributed by atoms with E-state index in [0.717, 1.165) is 5.56 Å². The minimum absolute atomic E-state index is 0.0693. The lowest BCUT2D eigenvalue weighted by Crippen LogP contribution is -2.57. The van der Waals surface area contributed by atoms with E-state index in [2.05, 4.69) is 33.6 Å². The molecule has 0 aliphatic carbocycles. The smallest absolute Gasteiger partial charge is 0.326 e. The molecular formula is C23H37N7O5S2. The van der Waals surface area contributed by atoms with Crippen molar-refractivity contribution in [1.82, 2.24) is 16.0 Å². The summed E-state index contributed by atoms with van der Waals surface area (Å²) in [4.78, 5) is 54.3. The summed E-state index contributed by atoms with van der Waals surface area (Å²) < 4.78 is 0. The molecule has 1 aromatic rings.